The number of nitrogens with zero attached hydrogens (tertiary/aromatic N) is 3. The zero-order valence-corrected chi connectivity index (χ0v) is 17.1. The third-order valence-corrected chi connectivity index (χ3v) is 5.82. The van der Waals surface area contributed by atoms with Gasteiger partial charge in [0.2, 0.25) is 5.91 Å². The van der Waals surface area contributed by atoms with Gasteiger partial charge in [-0.05, 0) is 31.0 Å². The van der Waals surface area contributed by atoms with Gasteiger partial charge >= 0.3 is 5.97 Å². The van der Waals surface area contributed by atoms with Gasteiger partial charge in [0.1, 0.15) is 0 Å². The first-order chi connectivity index (χ1) is 13.6. The Kier molecular flexibility index (Phi) is 7.00. The average molecular weight is 403 g/mol. The molecule has 0 aliphatic carbocycles. The SMILES string of the molecule is COC(=O)c1ccc(CNC(=O)[C@H](C)N2CCCN(c3nccs3)CC2)cc1. The molecule has 1 aliphatic rings. The average Bonchev–Trinajstić information content (AvgIpc) is 3.16. The standard InChI is InChI=1S/C20H26N4O3S/c1-15(23-9-3-10-24(12-11-23)20-21-8-13-28-20)18(25)22-14-16-4-6-17(7-5-16)19(26)27-2/h4-8,13,15H,3,9-12,14H2,1-2H3,(H,22,25)/t15-/m0/s1. The molecule has 0 saturated carbocycles. The number of amides is 1. The van der Waals surface area contributed by atoms with E-state index >= 15 is 0 Å². The van der Waals surface area contributed by atoms with Crippen LogP contribution in [0.1, 0.15) is 29.3 Å². The summed E-state index contributed by atoms with van der Waals surface area (Å²) < 4.78 is 4.69. The van der Waals surface area contributed by atoms with Gasteiger partial charge in [-0.2, -0.15) is 0 Å². The molecule has 1 amide bonds. The lowest BCUT2D eigenvalue weighted by atomic mass is 10.1. The van der Waals surface area contributed by atoms with Crippen molar-refractivity contribution in [3.63, 3.8) is 0 Å². The van der Waals surface area contributed by atoms with E-state index in [9.17, 15) is 9.59 Å². The zero-order valence-electron chi connectivity index (χ0n) is 16.3. The van der Waals surface area contributed by atoms with E-state index in [0.29, 0.717) is 12.1 Å². The van der Waals surface area contributed by atoms with Crippen molar-refractivity contribution in [1.29, 1.82) is 0 Å². The van der Waals surface area contributed by atoms with Crippen LogP contribution in [-0.2, 0) is 16.1 Å². The van der Waals surface area contributed by atoms with Crippen LogP contribution in [0.15, 0.2) is 35.8 Å². The van der Waals surface area contributed by atoms with Gasteiger partial charge in [-0.3, -0.25) is 9.69 Å². The minimum Gasteiger partial charge on any atom is -0.465 e. The number of ether oxygens (including phenoxy) is 1. The van der Waals surface area contributed by atoms with Crippen LogP contribution in [0.5, 0.6) is 0 Å². The number of esters is 1. The molecule has 1 aromatic heterocycles. The van der Waals surface area contributed by atoms with Gasteiger partial charge in [-0.1, -0.05) is 12.1 Å². The van der Waals surface area contributed by atoms with Crippen molar-refractivity contribution in [3.05, 3.63) is 47.0 Å². The number of rotatable bonds is 6. The fourth-order valence-corrected chi connectivity index (χ4v) is 3.96. The number of aromatic nitrogens is 1. The van der Waals surface area contributed by atoms with E-state index in [4.69, 9.17) is 4.74 Å². The molecule has 0 spiro atoms. The molecule has 0 unspecified atom stereocenters. The Balaban J connectivity index is 1.49. The van der Waals surface area contributed by atoms with Crippen LogP contribution in [0.2, 0.25) is 0 Å². The quantitative estimate of drug-likeness (QED) is 0.747. The van der Waals surface area contributed by atoms with E-state index in [1.54, 1.807) is 23.5 Å². The second-order valence-corrected chi connectivity index (χ2v) is 7.65. The number of nitrogens with one attached hydrogen (secondary N) is 1. The molecule has 8 heteroatoms. The molecule has 1 N–H and O–H groups in total. The topological polar surface area (TPSA) is 74.8 Å². The molecule has 0 radical (unpaired) electrons. The van der Waals surface area contributed by atoms with E-state index in [0.717, 1.165) is 43.3 Å². The molecule has 1 saturated heterocycles. The third kappa shape index (κ3) is 5.08. The van der Waals surface area contributed by atoms with Gasteiger partial charge in [0, 0.05) is 44.3 Å². The zero-order chi connectivity index (χ0) is 19.9. The Morgan fingerprint density at radius 2 is 2.00 bits per heavy atom. The van der Waals surface area contributed by atoms with Crippen LogP contribution < -0.4 is 10.2 Å². The molecule has 7 nitrogen and oxygen atoms in total. The van der Waals surface area contributed by atoms with Gasteiger partial charge in [-0.25, -0.2) is 9.78 Å². The number of hydrogen-bond acceptors (Lipinski definition) is 7. The van der Waals surface area contributed by atoms with E-state index < -0.39 is 0 Å². The molecule has 1 fully saturated rings. The van der Waals surface area contributed by atoms with Crippen molar-refractivity contribution in [2.24, 2.45) is 0 Å². The Morgan fingerprint density at radius 3 is 2.68 bits per heavy atom. The Morgan fingerprint density at radius 1 is 1.21 bits per heavy atom. The summed E-state index contributed by atoms with van der Waals surface area (Å²) in [7, 11) is 1.36. The predicted molar refractivity (Wildman–Crippen MR) is 110 cm³/mol. The molecule has 1 atom stereocenters. The van der Waals surface area contributed by atoms with Gasteiger partial charge in [0.25, 0.3) is 0 Å². The number of methoxy groups -OCH3 is 1. The Labute approximate surface area is 169 Å². The number of carbonyl (C=O) groups excluding carboxylic acids is 2. The van der Waals surface area contributed by atoms with Crippen LogP contribution in [-0.4, -0.2) is 61.1 Å². The lowest BCUT2D eigenvalue weighted by Crippen LogP contribution is -2.46. The van der Waals surface area contributed by atoms with Crippen LogP contribution in [0.25, 0.3) is 0 Å². The maximum Gasteiger partial charge on any atom is 0.337 e. The van der Waals surface area contributed by atoms with Crippen molar-refractivity contribution in [2.45, 2.75) is 25.9 Å². The minimum atomic E-state index is -0.364. The molecule has 3 rings (SSSR count). The minimum absolute atomic E-state index is 0.0137. The molecule has 2 aromatic rings. The molecule has 150 valence electrons. The van der Waals surface area contributed by atoms with Gasteiger partial charge in [0.05, 0.1) is 18.7 Å². The fourth-order valence-electron chi connectivity index (χ4n) is 3.27. The number of carbonyl (C=O) groups is 2. The first-order valence-corrected chi connectivity index (χ1v) is 10.3. The molecule has 28 heavy (non-hydrogen) atoms. The Hall–Kier alpha value is -2.45. The second-order valence-electron chi connectivity index (χ2n) is 6.77. The normalized spacial score (nSPS) is 16.3. The Bertz CT molecular complexity index is 779. The number of hydrogen-bond donors (Lipinski definition) is 1. The molecular weight excluding hydrogens is 376 g/mol. The maximum atomic E-state index is 12.6. The van der Waals surface area contributed by atoms with E-state index in [2.05, 4.69) is 20.1 Å². The molecule has 1 aliphatic heterocycles. The third-order valence-electron chi connectivity index (χ3n) is 4.99. The van der Waals surface area contributed by atoms with E-state index in [1.807, 2.05) is 30.6 Å². The molecule has 2 heterocycles. The van der Waals surface area contributed by atoms with Crippen LogP contribution in [0.4, 0.5) is 5.13 Å². The van der Waals surface area contributed by atoms with Crippen molar-refractivity contribution < 1.29 is 14.3 Å². The van der Waals surface area contributed by atoms with Gasteiger partial charge in [-0.15, -0.1) is 11.3 Å². The second kappa shape index (κ2) is 9.66. The van der Waals surface area contributed by atoms with Gasteiger partial charge < -0.3 is 15.0 Å². The van der Waals surface area contributed by atoms with Crippen LogP contribution >= 0.6 is 11.3 Å². The van der Waals surface area contributed by atoms with Gasteiger partial charge in [0.15, 0.2) is 5.13 Å². The smallest absolute Gasteiger partial charge is 0.337 e. The highest BCUT2D eigenvalue weighted by Crippen LogP contribution is 2.19. The summed E-state index contributed by atoms with van der Waals surface area (Å²) in [4.78, 5) is 33.0. The van der Waals surface area contributed by atoms with Crippen LogP contribution in [0, 0.1) is 0 Å². The summed E-state index contributed by atoms with van der Waals surface area (Å²) in [6.07, 6.45) is 2.84. The lowest BCUT2D eigenvalue weighted by molar-refractivity contribution is -0.126. The highest BCUT2D eigenvalue weighted by atomic mass is 32.1. The molecular formula is C20H26N4O3S. The maximum absolute atomic E-state index is 12.6. The fraction of sp³-hybridized carbons (Fsp3) is 0.450. The number of anilines is 1. The summed E-state index contributed by atoms with van der Waals surface area (Å²) in [5, 5.41) is 6.04. The van der Waals surface area contributed by atoms with Crippen molar-refractivity contribution in [3.8, 4) is 0 Å². The highest BCUT2D eigenvalue weighted by Gasteiger charge is 2.24. The molecule has 0 bridgehead atoms. The summed E-state index contributed by atoms with van der Waals surface area (Å²) in [5.74, 6) is -0.350. The van der Waals surface area contributed by atoms with Crippen molar-refractivity contribution in [2.75, 3.05) is 38.2 Å². The first kappa shape index (κ1) is 20.3. The lowest BCUT2D eigenvalue weighted by Gasteiger charge is -2.27. The van der Waals surface area contributed by atoms with Crippen LogP contribution in [0.3, 0.4) is 0 Å². The van der Waals surface area contributed by atoms with E-state index in [-0.39, 0.29) is 17.9 Å². The summed E-state index contributed by atoms with van der Waals surface area (Å²) in [5.41, 5.74) is 1.44. The molecule has 1 aromatic carbocycles. The summed E-state index contributed by atoms with van der Waals surface area (Å²) in [6.45, 7) is 5.95. The van der Waals surface area contributed by atoms with Crippen molar-refractivity contribution >= 4 is 28.3 Å². The first-order valence-electron chi connectivity index (χ1n) is 9.42. The largest absolute Gasteiger partial charge is 0.465 e. The predicted octanol–water partition coefficient (Wildman–Crippen LogP) is 2.15. The summed E-state index contributed by atoms with van der Waals surface area (Å²) in [6, 6.07) is 6.88. The highest BCUT2D eigenvalue weighted by molar-refractivity contribution is 7.13. The number of benzene rings is 1. The number of thiazole rings is 1. The van der Waals surface area contributed by atoms with Crippen molar-refractivity contribution in [1.82, 2.24) is 15.2 Å². The van der Waals surface area contributed by atoms with E-state index in [1.165, 1.54) is 7.11 Å². The summed E-state index contributed by atoms with van der Waals surface area (Å²) >= 11 is 1.65. The monoisotopic (exact) mass is 402 g/mol.